The summed E-state index contributed by atoms with van der Waals surface area (Å²) in [4.78, 5) is 13.1. The van der Waals surface area contributed by atoms with Crippen molar-refractivity contribution in [2.45, 2.75) is 6.42 Å². The Bertz CT molecular complexity index is 324. The van der Waals surface area contributed by atoms with Crippen LogP contribution in [-0.2, 0) is 11.2 Å². The first kappa shape index (κ1) is 7.80. The van der Waals surface area contributed by atoms with Crippen molar-refractivity contribution in [3.63, 3.8) is 0 Å². The summed E-state index contributed by atoms with van der Waals surface area (Å²) in [5, 5.41) is 0. The first-order valence-electron chi connectivity index (χ1n) is 3.77. The molecule has 3 heteroatoms. The summed E-state index contributed by atoms with van der Waals surface area (Å²) in [6.45, 7) is 0. The highest BCUT2D eigenvalue weighted by Crippen LogP contribution is 2.28. The van der Waals surface area contributed by atoms with E-state index in [9.17, 15) is 4.79 Å². The van der Waals surface area contributed by atoms with Crippen molar-refractivity contribution in [1.82, 2.24) is 0 Å². The van der Waals surface area contributed by atoms with Crippen LogP contribution < -0.4 is 4.90 Å². The minimum absolute atomic E-state index is 0.174. The van der Waals surface area contributed by atoms with Crippen LogP contribution in [0, 0.1) is 0 Å². The fraction of sp³-hybridized carbons (Fsp3) is 0.222. The second kappa shape index (κ2) is 2.90. The molecule has 0 bridgehead atoms. The van der Waals surface area contributed by atoms with Gasteiger partial charge in [-0.05, 0) is 11.6 Å². The highest BCUT2D eigenvalue weighted by atomic mass is 79.9. The molecule has 1 heterocycles. The number of halogens is 1. The van der Waals surface area contributed by atoms with Gasteiger partial charge >= 0.3 is 0 Å². The molecule has 0 atom stereocenters. The first-order chi connectivity index (χ1) is 5.83. The molecule has 0 unspecified atom stereocenters. The molecule has 0 spiro atoms. The van der Waals surface area contributed by atoms with Gasteiger partial charge in [-0.3, -0.25) is 4.79 Å². The van der Waals surface area contributed by atoms with E-state index in [4.69, 9.17) is 0 Å². The molecule has 62 valence electrons. The van der Waals surface area contributed by atoms with E-state index >= 15 is 0 Å². The zero-order chi connectivity index (χ0) is 8.55. The van der Waals surface area contributed by atoms with Crippen LogP contribution in [-0.4, -0.2) is 11.4 Å². The number of fused-ring (bicyclic) bond motifs is 1. The van der Waals surface area contributed by atoms with Crippen LogP contribution in [0.15, 0.2) is 24.3 Å². The molecule has 0 saturated carbocycles. The SMILES string of the molecule is O=C1Cc2ccccc2N1CBr. The number of para-hydroxylation sites is 1. The monoisotopic (exact) mass is 225 g/mol. The molecule has 0 saturated heterocycles. The Morgan fingerprint density at radius 2 is 2.17 bits per heavy atom. The van der Waals surface area contributed by atoms with Crippen LogP contribution in [0.4, 0.5) is 5.69 Å². The summed E-state index contributed by atoms with van der Waals surface area (Å²) in [6, 6.07) is 7.88. The van der Waals surface area contributed by atoms with Gasteiger partial charge in [0.1, 0.15) is 0 Å². The van der Waals surface area contributed by atoms with Gasteiger partial charge in [0.05, 0.1) is 11.9 Å². The predicted molar refractivity (Wildman–Crippen MR) is 51.4 cm³/mol. The first-order valence-corrected chi connectivity index (χ1v) is 4.89. The number of carbonyl (C=O) groups is 1. The van der Waals surface area contributed by atoms with E-state index in [-0.39, 0.29) is 5.91 Å². The van der Waals surface area contributed by atoms with E-state index in [0.29, 0.717) is 11.9 Å². The van der Waals surface area contributed by atoms with Crippen molar-refractivity contribution in [2.24, 2.45) is 0 Å². The third-order valence-electron chi connectivity index (χ3n) is 2.04. The highest BCUT2D eigenvalue weighted by Gasteiger charge is 2.25. The molecule has 0 radical (unpaired) electrons. The normalized spacial score (nSPS) is 15.1. The maximum Gasteiger partial charge on any atom is 0.232 e. The lowest BCUT2D eigenvalue weighted by molar-refractivity contribution is -0.117. The van der Waals surface area contributed by atoms with Gasteiger partial charge in [-0.25, -0.2) is 0 Å². The average molecular weight is 226 g/mol. The lowest BCUT2D eigenvalue weighted by Gasteiger charge is -2.12. The van der Waals surface area contributed by atoms with Gasteiger partial charge in [-0.15, -0.1) is 0 Å². The summed E-state index contributed by atoms with van der Waals surface area (Å²) < 4.78 is 0. The Kier molecular flexibility index (Phi) is 1.89. The van der Waals surface area contributed by atoms with E-state index in [2.05, 4.69) is 15.9 Å². The number of hydrogen-bond donors (Lipinski definition) is 0. The molecule has 1 aliphatic rings. The van der Waals surface area contributed by atoms with Crippen LogP contribution in [0.2, 0.25) is 0 Å². The number of amides is 1. The molecule has 12 heavy (non-hydrogen) atoms. The summed E-state index contributed by atoms with van der Waals surface area (Å²) in [7, 11) is 0. The lowest BCUT2D eigenvalue weighted by atomic mass is 10.2. The highest BCUT2D eigenvalue weighted by molar-refractivity contribution is 9.09. The van der Waals surface area contributed by atoms with Gasteiger partial charge in [0.25, 0.3) is 0 Å². The minimum atomic E-state index is 0.174. The average Bonchev–Trinajstić information content (AvgIpc) is 2.40. The molecular weight excluding hydrogens is 218 g/mol. The number of anilines is 1. The van der Waals surface area contributed by atoms with Crippen molar-refractivity contribution in [3.8, 4) is 0 Å². The number of rotatable bonds is 1. The van der Waals surface area contributed by atoms with Crippen LogP contribution >= 0.6 is 15.9 Å². The largest absolute Gasteiger partial charge is 0.301 e. The van der Waals surface area contributed by atoms with Crippen LogP contribution in [0.25, 0.3) is 0 Å². The molecule has 0 aromatic heterocycles. The number of hydrogen-bond acceptors (Lipinski definition) is 1. The molecule has 1 aliphatic heterocycles. The maximum atomic E-state index is 11.4. The smallest absolute Gasteiger partial charge is 0.232 e. The summed E-state index contributed by atoms with van der Waals surface area (Å²) >= 11 is 3.29. The van der Waals surface area contributed by atoms with E-state index in [1.807, 2.05) is 24.3 Å². The van der Waals surface area contributed by atoms with Crippen molar-refractivity contribution in [2.75, 3.05) is 10.4 Å². The van der Waals surface area contributed by atoms with Crippen molar-refractivity contribution in [1.29, 1.82) is 0 Å². The quantitative estimate of drug-likeness (QED) is 0.529. The number of nitrogens with zero attached hydrogens (tertiary/aromatic N) is 1. The maximum absolute atomic E-state index is 11.4. The van der Waals surface area contributed by atoms with Gasteiger partial charge in [-0.2, -0.15) is 0 Å². The lowest BCUT2D eigenvalue weighted by Crippen LogP contribution is -2.24. The Balaban J connectivity index is 2.47. The van der Waals surface area contributed by atoms with E-state index in [1.54, 1.807) is 4.90 Å². The third kappa shape index (κ3) is 1.05. The number of carbonyl (C=O) groups excluding carboxylic acids is 1. The van der Waals surface area contributed by atoms with Crippen molar-refractivity contribution >= 4 is 27.5 Å². The van der Waals surface area contributed by atoms with Crippen LogP contribution in [0.5, 0.6) is 0 Å². The molecule has 0 N–H and O–H groups in total. The zero-order valence-corrected chi connectivity index (χ0v) is 8.04. The Labute approximate surface area is 79.3 Å². The second-order valence-electron chi connectivity index (χ2n) is 2.75. The summed E-state index contributed by atoms with van der Waals surface area (Å²) in [5.41, 5.74) is 2.75. The van der Waals surface area contributed by atoms with Gasteiger partial charge in [0.15, 0.2) is 0 Å². The molecule has 0 aliphatic carbocycles. The van der Waals surface area contributed by atoms with Gasteiger partial charge in [-0.1, -0.05) is 34.1 Å². The predicted octanol–water partition coefficient (Wildman–Crippen LogP) is 1.93. The standard InChI is InChI=1S/C9H8BrNO/c10-6-11-8-4-2-1-3-7(8)5-9(11)12/h1-4H,5-6H2. The molecule has 0 fully saturated rings. The number of benzene rings is 1. The number of alkyl halides is 1. The Morgan fingerprint density at radius 1 is 1.42 bits per heavy atom. The zero-order valence-electron chi connectivity index (χ0n) is 6.46. The van der Waals surface area contributed by atoms with E-state index < -0.39 is 0 Å². The van der Waals surface area contributed by atoms with Crippen LogP contribution in [0.1, 0.15) is 5.56 Å². The van der Waals surface area contributed by atoms with Crippen molar-refractivity contribution < 1.29 is 4.79 Å². The molecule has 1 aromatic rings. The minimum Gasteiger partial charge on any atom is -0.301 e. The summed E-state index contributed by atoms with van der Waals surface area (Å²) in [5.74, 6) is 0.174. The van der Waals surface area contributed by atoms with E-state index in [0.717, 1.165) is 11.3 Å². The molecule has 2 nitrogen and oxygen atoms in total. The molecule has 1 aromatic carbocycles. The van der Waals surface area contributed by atoms with Gasteiger partial charge < -0.3 is 4.90 Å². The molecular formula is C9H8BrNO. The summed E-state index contributed by atoms with van der Waals surface area (Å²) in [6.07, 6.45) is 0.543. The van der Waals surface area contributed by atoms with Crippen molar-refractivity contribution in [3.05, 3.63) is 29.8 Å². The fourth-order valence-electron chi connectivity index (χ4n) is 1.45. The molecule has 2 rings (SSSR count). The van der Waals surface area contributed by atoms with E-state index in [1.165, 1.54) is 0 Å². The van der Waals surface area contributed by atoms with Gasteiger partial charge in [0.2, 0.25) is 5.91 Å². The second-order valence-corrected chi connectivity index (χ2v) is 3.25. The van der Waals surface area contributed by atoms with Gasteiger partial charge in [0, 0.05) is 5.69 Å². The van der Waals surface area contributed by atoms with Crippen LogP contribution in [0.3, 0.4) is 0 Å². The fourth-order valence-corrected chi connectivity index (χ4v) is 2.00. The Morgan fingerprint density at radius 3 is 2.92 bits per heavy atom. The Hall–Kier alpha value is -0.830. The topological polar surface area (TPSA) is 20.3 Å². The molecule has 1 amide bonds. The third-order valence-corrected chi connectivity index (χ3v) is 2.55.